The number of carbonyl (C=O) groups is 1. The number of fused-ring (bicyclic) bond motifs is 1. The van der Waals surface area contributed by atoms with E-state index in [1.807, 2.05) is 49.1 Å². The second-order valence-corrected chi connectivity index (χ2v) is 6.88. The van der Waals surface area contributed by atoms with Crippen LogP contribution in [0.3, 0.4) is 0 Å². The van der Waals surface area contributed by atoms with Gasteiger partial charge in [-0.1, -0.05) is 6.07 Å². The Kier molecular flexibility index (Phi) is 4.41. The molecule has 2 N–H and O–H groups in total. The molecule has 1 aromatic carbocycles. The smallest absolute Gasteiger partial charge is 0.225 e. The summed E-state index contributed by atoms with van der Waals surface area (Å²) in [6.45, 7) is 2.56. The van der Waals surface area contributed by atoms with Gasteiger partial charge in [0.15, 0.2) is 0 Å². The fraction of sp³-hybridized carbons (Fsp3) is 0.400. The summed E-state index contributed by atoms with van der Waals surface area (Å²) in [5, 5.41) is 4.19. The third-order valence-corrected chi connectivity index (χ3v) is 4.95. The maximum atomic E-state index is 12.8. The SMILES string of the molecule is CCOc1cccc2[nH]cc(CC(=O)NC(c3nccn3C)C3CC3)c12. The van der Waals surface area contributed by atoms with Crippen LogP contribution < -0.4 is 10.1 Å². The lowest BCUT2D eigenvalue weighted by molar-refractivity contribution is -0.121. The molecular weight excluding hydrogens is 328 g/mol. The van der Waals surface area contributed by atoms with E-state index in [2.05, 4.69) is 15.3 Å². The van der Waals surface area contributed by atoms with Gasteiger partial charge in [0.05, 0.1) is 19.1 Å². The monoisotopic (exact) mass is 352 g/mol. The second kappa shape index (κ2) is 6.86. The van der Waals surface area contributed by atoms with Gasteiger partial charge in [-0.2, -0.15) is 0 Å². The Labute approximate surface area is 152 Å². The van der Waals surface area contributed by atoms with Crippen molar-refractivity contribution < 1.29 is 9.53 Å². The number of imidazole rings is 1. The van der Waals surface area contributed by atoms with Crippen LogP contribution in [-0.2, 0) is 18.3 Å². The van der Waals surface area contributed by atoms with Gasteiger partial charge in [0.25, 0.3) is 0 Å². The lowest BCUT2D eigenvalue weighted by Crippen LogP contribution is -2.32. The van der Waals surface area contributed by atoms with Crippen molar-refractivity contribution in [2.45, 2.75) is 32.2 Å². The Hall–Kier alpha value is -2.76. The number of aromatic nitrogens is 3. The van der Waals surface area contributed by atoms with Crippen molar-refractivity contribution in [2.24, 2.45) is 13.0 Å². The summed E-state index contributed by atoms with van der Waals surface area (Å²) in [5.74, 6) is 2.24. The molecule has 0 radical (unpaired) electrons. The van der Waals surface area contributed by atoms with Gasteiger partial charge in [-0.15, -0.1) is 0 Å². The van der Waals surface area contributed by atoms with E-state index in [-0.39, 0.29) is 11.9 Å². The summed E-state index contributed by atoms with van der Waals surface area (Å²) in [5.41, 5.74) is 1.94. The molecule has 1 aliphatic rings. The van der Waals surface area contributed by atoms with Crippen LogP contribution in [-0.4, -0.2) is 27.0 Å². The van der Waals surface area contributed by atoms with E-state index in [0.29, 0.717) is 18.9 Å². The second-order valence-electron chi connectivity index (χ2n) is 6.88. The van der Waals surface area contributed by atoms with E-state index in [1.165, 1.54) is 0 Å². The molecule has 1 atom stereocenters. The number of hydrogen-bond donors (Lipinski definition) is 2. The summed E-state index contributed by atoms with van der Waals surface area (Å²) < 4.78 is 7.73. The molecule has 4 rings (SSSR count). The van der Waals surface area contributed by atoms with Crippen LogP contribution in [0.25, 0.3) is 10.9 Å². The maximum Gasteiger partial charge on any atom is 0.225 e. The first kappa shape index (κ1) is 16.7. The minimum Gasteiger partial charge on any atom is -0.493 e. The highest BCUT2D eigenvalue weighted by molar-refractivity contribution is 5.93. The molecule has 1 saturated carbocycles. The van der Waals surface area contributed by atoms with E-state index >= 15 is 0 Å². The van der Waals surface area contributed by atoms with Crippen LogP contribution in [0.15, 0.2) is 36.8 Å². The van der Waals surface area contributed by atoms with Gasteiger partial charge in [-0.05, 0) is 43.4 Å². The lowest BCUT2D eigenvalue weighted by Gasteiger charge is -2.18. The standard InChI is InChI=1S/C20H24N4O2/c1-3-26-16-6-4-5-15-18(16)14(12-22-15)11-17(25)23-19(13-7-8-13)20-21-9-10-24(20)2/h4-6,9-10,12-13,19,22H,3,7-8,11H2,1-2H3,(H,23,25). The molecule has 2 heterocycles. The molecule has 0 saturated heterocycles. The quantitative estimate of drug-likeness (QED) is 0.686. The van der Waals surface area contributed by atoms with Crippen LogP contribution >= 0.6 is 0 Å². The Morgan fingerprint density at radius 1 is 1.46 bits per heavy atom. The van der Waals surface area contributed by atoms with Gasteiger partial charge in [0, 0.05) is 36.5 Å². The summed E-state index contributed by atoms with van der Waals surface area (Å²) >= 11 is 0. The number of hydrogen-bond acceptors (Lipinski definition) is 3. The van der Waals surface area contributed by atoms with E-state index in [1.54, 1.807) is 6.20 Å². The van der Waals surface area contributed by atoms with E-state index in [4.69, 9.17) is 4.74 Å². The highest BCUT2D eigenvalue weighted by atomic mass is 16.5. The van der Waals surface area contributed by atoms with Crippen molar-refractivity contribution in [1.82, 2.24) is 19.9 Å². The Morgan fingerprint density at radius 3 is 3.00 bits per heavy atom. The van der Waals surface area contributed by atoms with Crippen LogP contribution in [0.4, 0.5) is 0 Å². The number of benzene rings is 1. The molecule has 1 fully saturated rings. The van der Waals surface area contributed by atoms with Gasteiger partial charge < -0.3 is 19.6 Å². The molecule has 6 nitrogen and oxygen atoms in total. The number of nitrogens with zero attached hydrogens (tertiary/aromatic N) is 2. The maximum absolute atomic E-state index is 12.8. The highest BCUT2D eigenvalue weighted by Crippen LogP contribution is 2.40. The highest BCUT2D eigenvalue weighted by Gasteiger charge is 2.35. The van der Waals surface area contributed by atoms with Crippen LogP contribution in [0.1, 0.15) is 37.2 Å². The molecule has 0 aliphatic heterocycles. The number of nitrogens with one attached hydrogen (secondary N) is 2. The fourth-order valence-electron chi connectivity index (χ4n) is 3.53. The third-order valence-electron chi connectivity index (χ3n) is 4.95. The Morgan fingerprint density at radius 2 is 2.31 bits per heavy atom. The van der Waals surface area contributed by atoms with Gasteiger partial charge >= 0.3 is 0 Å². The predicted octanol–water partition coefficient (Wildman–Crippen LogP) is 3.11. The molecule has 26 heavy (non-hydrogen) atoms. The van der Waals surface area contributed by atoms with Crippen molar-refractivity contribution in [3.05, 3.63) is 48.2 Å². The van der Waals surface area contributed by atoms with Crippen LogP contribution in [0.5, 0.6) is 5.75 Å². The number of carbonyl (C=O) groups excluding carboxylic acids is 1. The van der Waals surface area contributed by atoms with Crippen molar-refractivity contribution in [2.75, 3.05) is 6.61 Å². The van der Waals surface area contributed by atoms with Crippen molar-refractivity contribution in [3.63, 3.8) is 0 Å². The van der Waals surface area contributed by atoms with Gasteiger partial charge in [0.2, 0.25) is 5.91 Å². The average Bonchev–Trinajstić information content (AvgIpc) is 3.26. The van der Waals surface area contributed by atoms with Crippen molar-refractivity contribution >= 4 is 16.8 Å². The molecular formula is C20H24N4O2. The van der Waals surface area contributed by atoms with Crippen molar-refractivity contribution in [1.29, 1.82) is 0 Å². The zero-order valence-electron chi connectivity index (χ0n) is 15.2. The summed E-state index contributed by atoms with van der Waals surface area (Å²) in [6, 6.07) is 5.89. The Bertz CT molecular complexity index is 923. The molecule has 0 spiro atoms. The fourth-order valence-corrected chi connectivity index (χ4v) is 3.53. The predicted molar refractivity (Wildman–Crippen MR) is 100.0 cm³/mol. The van der Waals surface area contributed by atoms with Gasteiger partial charge in [-0.3, -0.25) is 4.79 Å². The first-order valence-corrected chi connectivity index (χ1v) is 9.15. The molecule has 1 amide bonds. The zero-order chi connectivity index (χ0) is 18.1. The average molecular weight is 352 g/mol. The number of amides is 1. The summed E-state index contributed by atoms with van der Waals surface area (Å²) in [7, 11) is 1.97. The van der Waals surface area contributed by atoms with Crippen molar-refractivity contribution in [3.8, 4) is 5.75 Å². The third kappa shape index (κ3) is 3.19. The molecule has 1 unspecified atom stereocenters. The topological polar surface area (TPSA) is 71.9 Å². The number of aromatic amines is 1. The molecule has 1 aliphatic carbocycles. The largest absolute Gasteiger partial charge is 0.493 e. The first-order chi connectivity index (χ1) is 12.7. The van der Waals surface area contributed by atoms with E-state index < -0.39 is 0 Å². The zero-order valence-corrected chi connectivity index (χ0v) is 15.2. The number of aryl methyl sites for hydroxylation is 1. The molecule has 0 bridgehead atoms. The molecule has 2 aromatic heterocycles. The molecule has 6 heteroatoms. The first-order valence-electron chi connectivity index (χ1n) is 9.15. The van der Waals surface area contributed by atoms with Gasteiger partial charge in [-0.25, -0.2) is 4.98 Å². The van der Waals surface area contributed by atoms with Crippen LogP contribution in [0.2, 0.25) is 0 Å². The van der Waals surface area contributed by atoms with Crippen LogP contribution in [0, 0.1) is 5.92 Å². The molecule has 136 valence electrons. The van der Waals surface area contributed by atoms with Gasteiger partial charge in [0.1, 0.15) is 11.6 Å². The number of H-pyrrole nitrogens is 1. The minimum absolute atomic E-state index is 0.0112. The normalized spacial score (nSPS) is 15.2. The van der Waals surface area contributed by atoms with E-state index in [0.717, 1.165) is 40.9 Å². The van der Waals surface area contributed by atoms with E-state index in [9.17, 15) is 4.79 Å². The number of rotatable bonds is 7. The summed E-state index contributed by atoms with van der Waals surface area (Å²) in [6.07, 6.45) is 8.20. The lowest BCUT2D eigenvalue weighted by atomic mass is 10.1. The molecule has 3 aromatic rings. The minimum atomic E-state index is -0.0148. The number of ether oxygens (including phenoxy) is 1. The Balaban J connectivity index is 1.55. The summed E-state index contributed by atoms with van der Waals surface area (Å²) in [4.78, 5) is 20.4.